The fourth-order valence-electron chi connectivity index (χ4n) is 5.61. The zero-order chi connectivity index (χ0) is 21.3. The van der Waals surface area contributed by atoms with E-state index < -0.39 is 5.97 Å². The highest BCUT2D eigenvalue weighted by atomic mass is 16.5. The predicted octanol–water partition coefficient (Wildman–Crippen LogP) is 6.80. The van der Waals surface area contributed by atoms with Gasteiger partial charge < -0.3 is 9.84 Å². The van der Waals surface area contributed by atoms with Crippen LogP contribution in [0, 0.1) is 17.8 Å². The summed E-state index contributed by atoms with van der Waals surface area (Å²) in [5.74, 6) is 3.49. The minimum atomic E-state index is -0.564. The van der Waals surface area contributed by atoms with E-state index in [1.807, 2.05) is 12.1 Å². The Bertz CT molecular complexity index is 662. The topological polar surface area (TPSA) is 46.5 Å². The molecule has 2 fully saturated rings. The molecule has 0 radical (unpaired) electrons. The molecule has 1 N–H and O–H groups in total. The van der Waals surface area contributed by atoms with Gasteiger partial charge in [0.15, 0.2) is 0 Å². The van der Waals surface area contributed by atoms with Gasteiger partial charge in [0.2, 0.25) is 0 Å². The van der Waals surface area contributed by atoms with E-state index in [0.29, 0.717) is 11.7 Å². The summed E-state index contributed by atoms with van der Waals surface area (Å²) in [4.78, 5) is 11.7. The number of benzene rings is 1. The third-order valence-electron chi connectivity index (χ3n) is 7.59. The van der Waals surface area contributed by atoms with Crippen molar-refractivity contribution in [3.63, 3.8) is 0 Å². The van der Waals surface area contributed by atoms with Crippen molar-refractivity contribution in [2.45, 2.75) is 89.9 Å². The number of aliphatic hydroxyl groups excluding tert-OH is 1. The van der Waals surface area contributed by atoms with Crippen molar-refractivity contribution in [2.24, 2.45) is 17.8 Å². The summed E-state index contributed by atoms with van der Waals surface area (Å²) in [7, 11) is 0. The van der Waals surface area contributed by atoms with Gasteiger partial charge in [0, 0.05) is 0 Å². The van der Waals surface area contributed by atoms with Gasteiger partial charge in [-0.3, -0.25) is 0 Å². The highest BCUT2D eigenvalue weighted by Gasteiger charge is 2.31. The molecule has 0 saturated heterocycles. The summed E-state index contributed by atoms with van der Waals surface area (Å²) < 4.78 is 5.25. The Morgan fingerprint density at radius 3 is 2.13 bits per heavy atom. The average molecular weight is 413 g/mol. The lowest BCUT2D eigenvalue weighted by Gasteiger charge is -2.38. The van der Waals surface area contributed by atoms with E-state index in [-0.39, 0.29) is 12.2 Å². The summed E-state index contributed by atoms with van der Waals surface area (Å²) >= 11 is 0. The smallest absolute Gasteiger partial charge is 0.341 e. The van der Waals surface area contributed by atoms with E-state index in [4.69, 9.17) is 9.84 Å². The standard InChI is InChI=1S/C27H40O3/c1-3-4-5-6-21-7-9-22(10-8-21)23-11-13-24(14-12-23)25-15-17-26(18-16-25)30-27(29)20(2)19-28/h15-18,21-24,28H,2-14,19H2,1H3. The minimum absolute atomic E-state index is 0.0763. The van der Waals surface area contributed by atoms with Crippen molar-refractivity contribution in [3.8, 4) is 5.75 Å². The molecule has 3 rings (SSSR count). The van der Waals surface area contributed by atoms with Gasteiger partial charge >= 0.3 is 5.97 Å². The Morgan fingerprint density at radius 1 is 0.967 bits per heavy atom. The fraction of sp³-hybridized carbons (Fsp3) is 0.667. The zero-order valence-electron chi connectivity index (χ0n) is 18.8. The number of esters is 1. The van der Waals surface area contributed by atoms with Crippen LogP contribution in [0.15, 0.2) is 36.4 Å². The molecule has 0 aliphatic heterocycles. The molecule has 30 heavy (non-hydrogen) atoms. The summed E-state index contributed by atoms with van der Waals surface area (Å²) in [6.07, 6.45) is 16.8. The third-order valence-corrected chi connectivity index (χ3v) is 7.59. The number of unbranched alkanes of at least 4 members (excludes halogenated alkanes) is 2. The number of rotatable bonds is 9. The van der Waals surface area contributed by atoms with E-state index >= 15 is 0 Å². The minimum Gasteiger partial charge on any atom is -0.423 e. The lowest BCUT2D eigenvalue weighted by Crippen LogP contribution is -2.25. The number of hydrogen-bond acceptors (Lipinski definition) is 3. The second-order valence-corrected chi connectivity index (χ2v) is 9.61. The molecule has 166 valence electrons. The van der Waals surface area contributed by atoms with Crippen LogP contribution < -0.4 is 4.74 Å². The molecule has 0 atom stereocenters. The first-order valence-electron chi connectivity index (χ1n) is 12.2. The van der Waals surface area contributed by atoms with Gasteiger partial charge in [-0.05, 0) is 79.9 Å². The Labute approximate surface area is 182 Å². The van der Waals surface area contributed by atoms with Crippen molar-refractivity contribution in [1.29, 1.82) is 0 Å². The first-order valence-corrected chi connectivity index (χ1v) is 12.2. The van der Waals surface area contributed by atoms with Crippen LogP contribution >= 0.6 is 0 Å². The molecule has 1 aromatic rings. The SMILES string of the molecule is C=C(CO)C(=O)Oc1ccc(C2CCC(C3CCC(CCCCC)CC3)CC2)cc1. The fourth-order valence-corrected chi connectivity index (χ4v) is 5.61. The monoisotopic (exact) mass is 412 g/mol. The largest absolute Gasteiger partial charge is 0.423 e. The van der Waals surface area contributed by atoms with Gasteiger partial charge in [-0.1, -0.05) is 64.2 Å². The maximum Gasteiger partial charge on any atom is 0.341 e. The van der Waals surface area contributed by atoms with E-state index in [0.717, 1.165) is 17.8 Å². The molecular weight excluding hydrogens is 372 g/mol. The first-order chi connectivity index (χ1) is 14.6. The number of hydrogen-bond donors (Lipinski definition) is 1. The summed E-state index contributed by atoms with van der Waals surface area (Å²) in [6, 6.07) is 7.92. The predicted molar refractivity (Wildman–Crippen MR) is 123 cm³/mol. The summed E-state index contributed by atoms with van der Waals surface area (Å²) in [5, 5.41) is 8.97. The van der Waals surface area contributed by atoms with E-state index in [2.05, 4.69) is 25.6 Å². The Balaban J connectivity index is 1.41. The van der Waals surface area contributed by atoms with Gasteiger partial charge in [-0.2, -0.15) is 0 Å². The summed E-state index contributed by atoms with van der Waals surface area (Å²) in [6.45, 7) is 5.43. The maximum absolute atomic E-state index is 11.7. The molecule has 0 aromatic heterocycles. The molecule has 0 heterocycles. The Kier molecular flexibility index (Phi) is 8.99. The molecule has 0 bridgehead atoms. The van der Waals surface area contributed by atoms with Gasteiger partial charge in [-0.15, -0.1) is 0 Å². The second kappa shape index (κ2) is 11.7. The van der Waals surface area contributed by atoms with Crippen LogP contribution in [0.3, 0.4) is 0 Å². The van der Waals surface area contributed by atoms with Crippen LogP contribution in [0.2, 0.25) is 0 Å². The van der Waals surface area contributed by atoms with Crippen LogP contribution in [0.4, 0.5) is 0 Å². The Hall–Kier alpha value is -1.61. The van der Waals surface area contributed by atoms with Crippen LogP contribution in [-0.2, 0) is 4.79 Å². The van der Waals surface area contributed by atoms with Gasteiger partial charge in [0.05, 0.1) is 12.2 Å². The second-order valence-electron chi connectivity index (χ2n) is 9.61. The molecule has 0 spiro atoms. The highest BCUT2D eigenvalue weighted by molar-refractivity contribution is 5.89. The van der Waals surface area contributed by atoms with Gasteiger partial charge in [0.1, 0.15) is 5.75 Å². The molecule has 2 aliphatic rings. The first kappa shape index (κ1) is 23.1. The molecule has 0 amide bonds. The van der Waals surface area contributed by atoms with Crippen LogP contribution in [0.5, 0.6) is 5.75 Å². The van der Waals surface area contributed by atoms with E-state index in [1.54, 1.807) is 0 Å². The summed E-state index contributed by atoms with van der Waals surface area (Å²) in [5.41, 5.74) is 1.43. The normalized spacial score (nSPS) is 26.9. The van der Waals surface area contributed by atoms with Gasteiger partial charge in [-0.25, -0.2) is 4.79 Å². The van der Waals surface area contributed by atoms with Crippen LogP contribution in [0.25, 0.3) is 0 Å². The van der Waals surface area contributed by atoms with Crippen LogP contribution in [-0.4, -0.2) is 17.7 Å². The molecule has 2 saturated carbocycles. The van der Waals surface area contributed by atoms with E-state index in [1.165, 1.54) is 82.6 Å². The molecule has 1 aromatic carbocycles. The Morgan fingerprint density at radius 2 is 1.57 bits per heavy atom. The number of ether oxygens (including phenoxy) is 1. The highest BCUT2D eigenvalue weighted by Crippen LogP contribution is 2.44. The van der Waals surface area contributed by atoms with Crippen molar-refractivity contribution < 1.29 is 14.6 Å². The lowest BCUT2D eigenvalue weighted by atomic mass is 9.68. The number of aliphatic hydroxyl groups is 1. The van der Waals surface area contributed by atoms with Crippen molar-refractivity contribution in [3.05, 3.63) is 42.0 Å². The molecule has 2 aliphatic carbocycles. The van der Waals surface area contributed by atoms with Crippen LogP contribution in [0.1, 0.15) is 95.5 Å². The molecule has 3 heteroatoms. The van der Waals surface area contributed by atoms with Gasteiger partial charge in [0.25, 0.3) is 0 Å². The zero-order valence-corrected chi connectivity index (χ0v) is 18.8. The van der Waals surface area contributed by atoms with E-state index in [9.17, 15) is 4.79 Å². The molecule has 3 nitrogen and oxygen atoms in total. The number of carbonyl (C=O) groups excluding carboxylic acids is 1. The van der Waals surface area contributed by atoms with Crippen molar-refractivity contribution >= 4 is 5.97 Å². The lowest BCUT2D eigenvalue weighted by molar-refractivity contribution is -0.130. The maximum atomic E-state index is 11.7. The number of carbonyl (C=O) groups is 1. The average Bonchev–Trinajstić information content (AvgIpc) is 2.80. The third kappa shape index (κ3) is 6.44. The quantitative estimate of drug-likeness (QED) is 0.210. The molecule has 0 unspecified atom stereocenters. The van der Waals surface area contributed by atoms with Crippen molar-refractivity contribution in [2.75, 3.05) is 6.61 Å². The van der Waals surface area contributed by atoms with Crippen molar-refractivity contribution in [1.82, 2.24) is 0 Å². The molecular formula is C27H40O3.